The molecular formula is C20H22N4O4. The molecule has 2 aliphatic rings. The maximum atomic E-state index is 13.1. The molecule has 0 radical (unpaired) electrons. The zero-order chi connectivity index (χ0) is 20.1. The quantitative estimate of drug-likeness (QED) is 0.622. The molecule has 2 aromatic rings. The van der Waals surface area contributed by atoms with Crippen LogP contribution >= 0.6 is 0 Å². The van der Waals surface area contributed by atoms with Gasteiger partial charge in [-0.25, -0.2) is 9.78 Å². The normalized spacial score (nSPS) is 29.2. The highest BCUT2D eigenvalue weighted by Gasteiger charge is 2.69. The number of methoxy groups -OCH3 is 1. The van der Waals surface area contributed by atoms with Crippen molar-refractivity contribution in [3.05, 3.63) is 54.1 Å². The van der Waals surface area contributed by atoms with Crippen molar-refractivity contribution in [2.75, 3.05) is 14.2 Å². The number of likely N-dealkylation sites (tertiary alicyclic amines) is 1. The highest BCUT2D eigenvalue weighted by Crippen LogP contribution is 2.52. The Hall–Kier alpha value is -3.00. The molecule has 3 heterocycles. The number of esters is 1. The molecule has 2 aliphatic heterocycles. The van der Waals surface area contributed by atoms with Gasteiger partial charge in [0.2, 0.25) is 11.8 Å². The number of aryl methyl sites for hydroxylation is 1. The Labute approximate surface area is 162 Å². The maximum absolute atomic E-state index is 13.1. The smallest absolute Gasteiger partial charge is 0.331 e. The molecule has 0 spiro atoms. The topological polar surface area (TPSA) is 93.5 Å². The predicted octanol–water partition coefficient (Wildman–Crippen LogP) is 0.847. The number of benzene rings is 1. The Balaban J connectivity index is 1.96. The third-order valence-corrected chi connectivity index (χ3v) is 5.88. The van der Waals surface area contributed by atoms with Crippen molar-refractivity contribution < 1.29 is 19.1 Å². The number of carbonyl (C=O) groups is 3. The molecule has 1 aromatic heterocycles. The molecule has 2 saturated heterocycles. The first kappa shape index (κ1) is 18.4. The van der Waals surface area contributed by atoms with Crippen LogP contribution in [-0.2, 0) is 31.2 Å². The van der Waals surface area contributed by atoms with Crippen molar-refractivity contribution in [2.24, 2.45) is 11.8 Å². The van der Waals surface area contributed by atoms with Gasteiger partial charge in [0.15, 0.2) is 5.54 Å². The van der Waals surface area contributed by atoms with Crippen LogP contribution in [0, 0.1) is 11.8 Å². The lowest BCUT2D eigenvalue weighted by atomic mass is 9.75. The number of hydrogen-bond donors (Lipinski definition) is 1. The van der Waals surface area contributed by atoms with Gasteiger partial charge in [-0.1, -0.05) is 30.3 Å². The van der Waals surface area contributed by atoms with E-state index in [0.29, 0.717) is 17.9 Å². The number of fused-ring (bicyclic) bond motifs is 1. The highest BCUT2D eigenvalue weighted by atomic mass is 16.5. The molecule has 146 valence electrons. The number of hydrogen-bond acceptors (Lipinski definition) is 6. The summed E-state index contributed by atoms with van der Waals surface area (Å²) in [5.41, 5.74) is -0.877. The van der Waals surface area contributed by atoms with E-state index in [9.17, 15) is 14.4 Å². The van der Waals surface area contributed by atoms with Gasteiger partial charge >= 0.3 is 5.97 Å². The molecule has 4 rings (SSSR count). The number of nitrogens with zero attached hydrogens (tertiary/aromatic N) is 3. The van der Waals surface area contributed by atoms with E-state index in [1.807, 2.05) is 23.8 Å². The second kappa shape index (κ2) is 6.56. The number of amides is 2. The van der Waals surface area contributed by atoms with Crippen LogP contribution in [0.4, 0.5) is 0 Å². The van der Waals surface area contributed by atoms with E-state index in [1.54, 1.807) is 30.5 Å². The van der Waals surface area contributed by atoms with Crippen molar-refractivity contribution in [3.8, 4) is 0 Å². The molecule has 0 bridgehead atoms. The fraction of sp³-hybridized carbons (Fsp3) is 0.400. The van der Waals surface area contributed by atoms with Crippen molar-refractivity contribution >= 4 is 17.8 Å². The molecule has 4 atom stereocenters. The van der Waals surface area contributed by atoms with Crippen LogP contribution in [0.5, 0.6) is 0 Å². The Morgan fingerprint density at radius 3 is 2.61 bits per heavy atom. The maximum Gasteiger partial charge on any atom is 0.331 e. The van der Waals surface area contributed by atoms with Crippen LogP contribution in [0.15, 0.2) is 42.7 Å². The molecule has 0 unspecified atom stereocenters. The molecule has 28 heavy (non-hydrogen) atoms. The summed E-state index contributed by atoms with van der Waals surface area (Å²) in [5, 5.41) is 3.31. The molecule has 0 aliphatic carbocycles. The molecule has 8 nitrogen and oxygen atoms in total. The summed E-state index contributed by atoms with van der Waals surface area (Å²) in [5.74, 6) is -2.34. The van der Waals surface area contributed by atoms with Gasteiger partial charge in [0.25, 0.3) is 0 Å². The highest BCUT2D eigenvalue weighted by molar-refractivity contribution is 6.09. The Bertz CT molecular complexity index is 941. The summed E-state index contributed by atoms with van der Waals surface area (Å²) in [6, 6.07) is 8.36. The van der Waals surface area contributed by atoms with Gasteiger partial charge in [-0.2, -0.15) is 0 Å². The number of imide groups is 1. The number of nitrogens with one attached hydrogen (secondary N) is 1. The third-order valence-electron chi connectivity index (χ3n) is 5.88. The van der Waals surface area contributed by atoms with Gasteiger partial charge in [-0.05, 0) is 12.5 Å². The number of carbonyl (C=O) groups excluding carboxylic acids is 3. The summed E-state index contributed by atoms with van der Waals surface area (Å²) in [7, 11) is 2.74. The Kier molecular flexibility index (Phi) is 4.30. The average molecular weight is 382 g/mol. The van der Waals surface area contributed by atoms with Crippen LogP contribution < -0.4 is 5.32 Å². The predicted molar refractivity (Wildman–Crippen MR) is 98.7 cm³/mol. The van der Waals surface area contributed by atoms with E-state index >= 15 is 0 Å². The van der Waals surface area contributed by atoms with Crippen molar-refractivity contribution in [2.45, 2.75) is 25.0 Å². The first-order valence-electron chi connectivity index (χ1n) is 9.21. The van der Waals surface area contributed by atoms with Crippen molar-refractivity contribution in [3.63, 3.8) is 0 Å². The lowest BCUT2D eigenvalue weighted by Crippen LogP contribution is -2.53. The Morgan fingerprint density at radius 2 is 1.96 bits per heavy atom. The Morgan fingerprint density at radius 1 is 1.25 bits per heavy atom. The average Bonchev–Trinajstić information content (AvgIpc) is 3.39. The first-order valence-corrected chi connectivity index (χ1v) is 9.21. The monoisotopic (exact) mass is 382 g/mol. The van der Waals surface area contributed by atoms with Gasteiger partial charge in [0.1, 0.15) is 5.82 Å². The van der Waals surface area contributed by atoms with E-state index < -0.39 is 35.3 Å². The standard InChI is InChI=1S/C20H22N4O4/c1-4-24-11-10-21-16(24)15-13-14(18(26)23(2)17(13)25)20(22-15,19(27)28-3)12-8-6-5-7-9-12/h5-11,13-15,22H,4H2,1-3H3/t13-,14-,15+,20-/m0/s1. The van der Waals surface area contributed by atoms with Crippen molar-refractivity contribution in [1.82, 2.24) is 19.8 Å². The van der Waals surface area contributed by atoms with Crippen LogP contribution in [0.25, 0.3) is 0 Å². The molecule has 1 aromatic carbocycles. The van der Waals surface area contributed by atoms with Crippen LogP contribution in [0.3, 0.4) is 0 Å². The summed E-state index contributed by atoms with van der Waals surface area (Å²) in [4.78, 5) is 44.8. The lowest BCUT2D eigenvalue weighted by molar-refractivity contribution is -0.154. The minimum Gasteiger partial charge on any atom is -0.467 e. The molecule has 0 saturated carbocycles. The molecular weight excluding hydrogens is 360 g/mol. The largest absolute Gasteiger partial charge is 0.467 e. The zero-order valence-corrected chi connectivity index (χ0v) is 16.0. The van der Waals surface area contributed by atoms with Crippen LogP contribution in [0.1, 0.15) is 24.4 Å². The van der Waals surface area contributed by atoms with Gasteiger partial charge in [0.05, 0.1) is 25.0 Å². The van der Waals surface area contributed by atoms with E-state index in [4.69, 9.17) is 4.74 Å². The van der Waals surface area contributed by atoms with Gasteiger partial charge < -0.3 is 9.30 Å². The van der Waals surface area contributed by atoms with E-state index in [-0.39, 0.29) is 5.91 Å². The fourth-order valence-electron chi connectivity index (χ4n) is 4.57. The first-order chi connectivity index (χ1) is 13.5. The van der Waals surface area contributed by atoms with Crippen LogP contribution in [-0.4, -0.2) is 46.4 Å². The fourth-order valence-corrected chi connectivity index (χ4v) is 4.57. The number of ether oxygens (including phenoxy) is 1. The third kappa shape index (κ3) is 2.27. The van der Waals surface area contributed by atoms with Gasteiger partial charge in [-0.15, -0.1) is 0 Å². The van der Waals surface area contributed by atoms with Crippen LogP contribution in [0.2, 0.25) is 0 Å². The molecule has 2 amide bonds. The second-order valence-corrected chi connectivity index (χ2v) is 7.10. The van der Waals surface area contributed by atoms with Gasteiger partial charge in [0, 0.05) is 26.0 Å². The molecule has 2 fully saturated rings. The zero-order valence-electron chi connectivity index (χ0n) is 16.0. The number of aromatic nitrogens is 2. The minimum atomic E-state index is -1.46. The number of rotatable bonds is 4. The lowest BCUT2D eigenvalue weighted by Gasteiger charge is -2.32. The summed E-state index contributed by atoms with van der Waals surface area (Å²) in [6.45, 7) is 2.62. The summed E-state index contributed by atoms with van der Waals surface area (Å²) in [6.07, 6.45) is 3.47. The number of imidazole rings is 1. The summed E-state index contributed by atoms with van der Waals surface area (Å²) < 4.78 is 7.04. The van der Waals surface area contributed by atoms with E-state index in [0.717, 1.165) is 4.90 Å². The molecule has 8 heteroatoms. The van der Waals surface area contributed by atoms with E-state index in [2.05, 4.69) is 10.3 Å². The summed E-state index contributed by atoms with van der Waals surface area (Å²) >= 11 is 0. The molecule has 1 N–H and O–H groups in total. The second-order valence-electron chi connectivity index (χ2n) is 7.10. The SMILES string of the molecule is CCn1ccnc1[C@@H]1N[C@@](C(=O)OC)(c2ccccc2)[C@@H]2C(=O)N(C)C(=O)[C@@H]21. The minimum absolute atomic E-state index is 0.320. The van der Waals surface area contributed by atoms with Gasteiger partial charge in [-0.3, -0.25) is 19.8 Å². The van der Waals surface area contributed by atoms with Crippen molar-refractivity contribution in [1.29, 1.82) is 0 Å². The van der Waals surface area contributed by atoms with E-state index in [1.165, 1.54) is 14.2 Å².